The van der Waals surface area contributed by atoms with Gasteiger partial charge in [0.25, 0.3) is 0 Å². The summed E-state index contributed by atoms with van der Waals surface area (Å²) in [6, 6.07) is 8.97. The summed E-state index contributed by atoms with van der Waals surface area (Å²) in [6.07, 6.45) is 7.68. The highest BCUT2D eigenvalue weighted by molar-refractivity contribution is 6.21. The van der Waals surface area contributed by atoms with Crippen molar-refractivity contribution in [3.63, 3.8) is 0 Å². The number of rotatable bonds is 4. The van der Waals surface area contributed by atoms with Crippen LogP contribution in [0.15, 0.2) is 24.3 Å². The fourth-order valence-corrected chi connectivity index (χ4v) is 3.40. The lowest BCUT2D eigenvalue weighted by Gasteiger charge is -2.29. The molecule has 18 heavy (non-hydrogen) atoms. The van der Waals surface area contributed by atoms with Crippen LogP contribution in [-0.2, 0) is 6.42 Å². The lowest BCUT2D eigenvalue weighted by Crippen LogP contribution is -2.16. The highest BCUT2D eigenvalue weighted by atomic mass is 35.5. The predicted molar refractivity (Wildman–Crippen MR) is 80.2 cm³/mol. The van der Waals surface area contributed by atoms with E-state index in [9.17, 15) is 0 Å². The van der Waals surface area contributed by atoms with E-state index in [1.165, 1.54) is 49.7 Å². The van der Waals surface area contributed by atoms with Gasteiger partial charge in [-0.25, -0.2) is 0 Å². The van der Waals surface area contributed by atoms with Gasteiger partial charge >= 0.3 is 0 Å². The lowest BCUT2D eigenvalue weighted by atomic mass is 9.80. The fraction of sp³-hybridized carbons (Fsp3) is 0.647. The zero-order chi connectivity index (χ0) is 13.0. The Morgan fingerprint density at radius 1 is 1.11 bits per heavy atom. The summed E-state index contributed by atoms with van der Waals surface area (Å²) in [5.74, 6) is 1.58. The average molecular weight is 265 g/mol. The quantitative estimate of drug-likeness (QED) is 0.608. The Hall–Kier alpha value is -0.490. The van der Waals surface area contributed by atoms with Crippen LogP contribution < -0.4 is 0 Å². The molecule has 0 spiro atoms. The summed E-state index contributed by atoms with van der Waals surface area (Å²) in [5.41, 5.74) is 2.75. The van der Waals surface area contributed by atoms with E-state index in [1.54, 1.807) is 0 Å². The minimum atomic E-state index is 0.216. The van der Waals surface area contributed by atoms with Crippen LogP contribution in [0.1, 0.15) is 62.5 Å². The molecule has 1 fully saturated rings. The number of halogens is 1. The van der Waals surface area contributed by atoms with E-state index >= 15 is 0 Å². The van der Waals surface area contributed by atoms with Gasteiger partial charge in [-0.3, -0.25) is 0 Å². The van der Waals surface area contributed by atoms with Crippen LogP contribution >= 0.6 is 11.6 Å². The van der Waals surface area contributed by atoms with E-state index in [4.69, 9.17) is 11.6 Å². The highest BCUT2D eigenvalue weighted by Crippen LogP contribution is 2.40. The SMILES string of the molecule is CCCc1ccc(C(Cl)C2CCC(C)CC2)cc1. The van der Waals surface area contributed by atoms with E-state index in [0.29, 0.717) is 5.92 Å². The maximum Gasteiger partial charge on any atom is 0.0613 e. The van der Waals surface area contributed by atoms with Crippen LogP contribution in [0.3, 0.4) is 0 Å². The van der Waals surface area contributed by atoms with Crippen molar-refractivity contribution in [3.8, 4) is 0 Å². The van der Waals surface area contributed by atoms with Gasteiger partial charge in [-0.05, 0) is 42.2 Å². The van der Waals surface area contributed by atoms with Crippen molar-refractivity contribution in [2.24, 2.45) is 11.8 Å². The Labute approximate surface area is 117 Å². The molecule has 1 aliphatic rings. The molecule has 0 nitrogen and oxygen atoms in total. The summed E-state index contributed by atoms with van der Waals surface area (Å²) in [6.45, 7) is 4.58. The molecule has 1 heteroatoms. The van der Waals surface area contributed by atoms with E-state index in [0.717, 1.165) is 5.92 Å². The average Bonchev–Trinajstić information content (AvgIpc) is 2.40. The van der Waals surface area contributed by atoms with Crippen LogP contribution in [0.5, 0.6) is 0 Å². The van der Waals surface area contributed by atoms with Gasteiger partial charge in [-0.1, -0.05) is 57.4 Å². The molecule has 0 N–H and O–H groups in total. The van der Waals surface area contributed by atoms with Gasteiger partial charge < -0.3 is 0 Å². The molecule has 2 rings (SSSR count). The third-order valence-electron chi connectivity index (χ3n) is 4.31. The third kappa shape index (κ3) is 3.51. The summed E-state index contributed by atoms with van der Waals surface area (Å²) < 4.78 is 0. The maximum absolute atomic E-state index is 6.66. The minimum Gasteiger partial charge on any atom is -0.118 e. The smallest absolute Gasteiger partial charge is 0.0613 e. The number of alkyl halides is 1. The zero-order valence-corrected chi connectivity index (χ0v) is 12.4. The molecule has 0 heterocycles. The van der Waals surface area contributed by atoms with Crippen LogP contribution in [0.25, 0.3) is 0 Å². The van der Waals surface area contributed by atoms with Crippen molar-refractivity contribution in [3.05, 3.63) is 35.4 Å². The van der Waals surface area contributed by atoms with Crippen LogP contribution in [0.4, 0.5) is 0 Å². The van der Waals surface area contributed by atoms with Crippen molar-refractivity contribution < 1.29 is 0 Å². The van der Waals surface area contributed by atoms with E-state index < -0.39 is 0 Å². The number of benzene rings is 1. The molecular formula is C17H25Cl. The summed E-state index contributed by atoms with van der Waals surface area (Å²) in [7, 11) is 0. The van der Waals surface area contributed by atoms with Crippen LogP contribution in [0, 0.1) is 11.8 Å². The normalized spacial score (nSPS) is 25.9. The Balaban J connectivity index is 1.97. The molecule has 1 unspecified atom stereocenters. The first kappa shape index (κ1) is 13.9. The Morgan fingerprint density at radius 3 is 2.28 bits per heavy atom. The van der Waals surface area contributed by atoms with Crippen molar-refractivity contribution in [2.45, 2.75) is 57.7 Å². The highest BCUT2D eigenvalue weighted by Gasteiger charge is 2.25. The maximum atomic E-state index is 6.66. The second kappa shape index (κ2) is 6.61. The van der Waals surface area contributed by atoms with Crippen molar-refractivity contribution in [1.29, 1.82) is 0 Å². The molecule has 1 aromatic rings. The minimum absolute atomic E-state index is 0.216. The van der Waals surface area contributed by atoms with E-state index in [1.807, 2.05) is 0 Å². The van der Waals surface area contributed by atoms with Gasteiger partial charge in [-0.15, -0.1) is 11.6 Å². The molecule has 0 saturated heterocycles. The molecule has 1 aliphatic carbocycles. The Kier molecular flexibility index (Phi) is 5.12. The predicted octanol–water partition coefficient (Wildman–Crippen LogP) is 5.75. The van der Waals surface area contributed by atoms with Gasteiger partial charge in [0.15, 0.2) is 0 Å². The molecule has 1 aromatic carbocycles. The lowest BCUT2D eigenvalue weighted by molar-refractivity contribution is 0.283. The molecule has 1 saturated carbocycles. The first-order valence-corrected chi connectivity index (χ1v) is 7.87. The largest absolute Gasteiger partial charge is 0.118 e. The van der Waals surface area contributed by atoms with Crippen LogP contribution in [-0.4, -0.2) is 0 Å². The molecule has 100 valence electrons. The number of hydrogen-bond donors (Lipinski definition) is 0. The topological polar surface area (TPSA) is 0 Å². The molecule has 1 atom stereocenters. The molecule has 0 radical (unpaired) electrons. The van der Waals surface area contributed by atoms with Gasteiger partial charge in [-0.2, -0.15) is 0 Å². The van der Waals surface area contributed by atoms with Crippen molar-refractivity contribution >= 4 is 11.6 Å². The van der Waals surface area contributed by atoms with Gasteiger partial charge in [0.2, 0.25) is 0 Å². The van der Waals surface area contributed by atoms with Crippen LogP contribution in [0.2, 0.25) is 0 Å². The first-order chi connectivity index (χ1) is 8.70. The summed E-state index contributed by atoms with van der Waals surface area (Å²) in [5, 5.41) is 0.216. The first-order valence-electron chi connectivity index (χ1n) is 7.43. The molecule has 0 aromatic heterocycles. The van der Waals surface area contributed by atoms with Gasteiger partial charge in [0, 0.05) is 0 Å². The van der Waals surface area contributed by atoms with Crippen molar-refractivity contribution in [1.82, 2.24) is 0 Å². The molecule has 0 amide bonds. The summed E-state index contributed by atoms with van der Waals surface area (Å²) >= 11 is 6.66. The molecule has 0 bridgehead atoms. The summed E-state index contributed by atoms with van der Waals surface area (Å²) in [4.78, 5) is 0. The number of aryl methyl sites for hydroxylation is 1. The second-order valence-electron chi connectivity index (χ2n) is 5.91. The molecule has 0 aliphatic heterocycles. The van der Waals surface area contributed by atoms with Crippen molar-refractivity contribution in [2.75, 3.05) is 0 Å². The number of hydrogen-bond acceptors (Lipinski definition) is 0. The Morgan fingerprint density at radius 2 is 1.72 bits per heavy atom. The molecular weight excluding hydrogens is 240 g/mol. The Bertz CT molecular complexity index is 346. The monoisotopic (exact) mass is 264 g/mol. The third-order valence-corrected chi connectivity index (χ3v) is 4.92. The fourth-order valence-electron chi connectivity index (χ4n) is 3.01. The van der Waals surface area contributed by atoms with E-state index in [-0.39, 0.29) is 5.38 Å². The zero-order valence-electron chi connectivity index (χ0n) is 11.7. The van der Waals surface area contributed by atoms with Gasteiger partial charge in [0.1, 0.15) is 0 Å². The standard InChI is InChI=1S/C17H25Cl/c1-3-4-14-7-11-16(12-8-14)17(18)15-9-5-13(2)6-10-15/h7-8,11-13,15,17H,3-6,9-10H2,1-2H3. The van der Waals surface area contributed by atoms with E-state index in [2.05, 4.69) is 38.1 Å². The van der Waals surface area contributed by atoms with Gasteiger partial charge in [0.05, 0.1) is 5.38 Å². The second-order valence-corrected chi connectivity index (χ2v) is 6.38.